The molecule has 2 saturated heterocycles. The summed E-state index contributed by atoms with van der Waals surface area (Å²) >= 11 is 0. The number of carbonyl (C=O) groups excluding carboxylic acids is 1. The summed E-state index contributed by atoms with van der Waals surface area (Å²) in [5.41, 5.74) is 2.73. The zero-order valence-electron chi connectivity index (χ0n) is 22.4. The highest BCUT2D eigenvalue weighted by atomic mass is 16.5. The molecule has 0 amide bonds. The van der Waals surface area contributed by atoms with Gasteiger partial charge >= 0.3 is 0 Å². The Kier molecular flexibility index (Phi) is 4.64. The molecule has 0 radical (unpaired) electrons. The van der Waals surface area contributed by atoms with Crippen LogP contribution in [-0.2, 0) is 9.53 Å². The molecule has 0 bridgehead atoms. The van der Waals surface area contributed by atoms with E-state index in [0.717, 1.165) is 36.5 Å². The van der Waals surface area contributed by atoms with Crippen molar-refractivity contribution < 1.29 is 9.53 Å². The van der Waals surface area contributed by atoms with Crippen LogP contribution < -0.4 is 0 Å². The third kappa shape index (κ3) is 2.50. The van der Waals surface area contributed by atoms with Gasteiger partial charge in [0.25, 0.3) is 0 Å². The van der Waals surface area contributed by atoms with Gasteiger partial charge in [-0.25, -0.2) is 0 Å². The quantitative estimate of drug-likeness (QED) is 0.472. The fourth-order valence-electron chi connectivity index (χ4n) is 11.9. The van der Waals surface area contributed by atoms with Crippen molar-refractivity contribution in [1.82, 2.24) is 4.90 Å². The summed E-state index contributed by atoms with van der Waals surface area (Å²) in [4.78, 5) is 15.1. The smallest absolute Gasteiger partial charge is 0.155 e. The number of likely N-dealkylation sites (tertiary alicyclic amines) is 1. The van der Waals surface area contributed by atoms with E-state index in [-0.39, 0.29) is 11.0 Å². The van der Waals surface area contributed by atoms with E-state index in [1.54, 1.807) is 0 Å². The van der Waals surface area contributed by atoms with Gasteiger partial charge in [-0.3, -0.25) is 9.69 Å². The lowest BCUT2D eigenvalue weighted by Crippen LogP contribution is -2.54. The lowest BCUT2D eigenvalue weighted by molar-refractivity contribution is -0.148. The number of nitrogens with zero attached hydrogens (tertiary/aromatic N) is 1. The van der Waals surface area contributed by atoms with E-state index >= 15 is 0 Å². The van der Waals surface area contributed by atoms with E-state index < -0.39 is 0 Å². The predicted molar refractivity (Wildman–Crippen MR) is 135 cm³/mol. The van der Waals surface area contributed by atoms with Gasteiger partial charge in [-0.15, -0.1) is 0 Å². The summed E-state index contributed by atoms with van der Waals surface area (Å²) in [6.45, 7) is 15.1. The molecule has 4 saturated carbocycles. The zero-order chi connectivity index (χ0) is 23.7. The van der Waals surface area contributed by atoms with E-state index in [2.05, 4.69) is 45.6 Å². The molecule has 0 aromatic carbocycles. The Hall–Kier alpha value is -0.670. The molecule has 2 heterocycles. The Bertz CT molecular complexity index is 942. The summed E-state index contributed by atoms with van der Waals surface area (Å²) in [7, 11) is 0. The second kappa shape index (κ2) is 7.00. The molecule has 2 unspecified atom stereocenters. The third-order valence-electron chi connectivity index (χ3n) is 13.4. The van der Waals surface area contributed by atoms with Crippen molar-refractivity contribution in [3.8, 4) is 0 Å². The largest absolute Gasteiger partial charge is 0.369 e. The first-order chi connectivity index (χ1) is 16.2. The van der Waals surface area contributed by atoms with Crippen LogP contribution in [0, 0.1) is 45.8 Å². The average Bonchev–Trinajstić information content (AvgIpc) is 3.13. The molecule has 188 valence electrons. The lowest BCUT2D eigenvalue weighted by Gasteiger charge is -2.50. The van der Waals surface area contributed by atoms with E-state index in [4.69, 9.17) is 4.74 Å². The van der Waals surface area contributed by atoms with Gasteiger partial charge in [0, 0.05) is 30.3 Å². The molecule has 7 rings (SSSR count). The minimum Gasteiger partial charge on any atom is -0.369 e. The Morgan fingerprint density at radius 2 is 1.94 bits per heavy atom. The maximum Gasteiger partial charge on any atom is 0.155 e. The molecule has 11 atom stereocenters. The first-order valence-electron chi connectivity index (χ1n) is 14.8. The summed E-state index contributed by atoms with van der Waals surface area (Å²) in [5, 5.41) is 0. The van der Waals surface area contributed by atoms with Gasteiger partial charge in [-0.05, 0) is 105 Å². The number of ketones is 1. The second-order valence-corrected chi connectivity index (χ2v) is 14.5. The van der Waals surface area contributed by atoms with Gasteiger partial charge in [0.2, 0.25) is 0 Å². The van der Waals surface area contributed by atoms with Crippen LogP contribution in [-0.4, -0.2) is 41.5 Å². The Morgan fingerprint density at radius 1 is 1.12 bits per heavy atom. The van der Waals surface area contributed by atoms with Crippen molar-refractivity contribution in [2.75, 3.05) is 13.1 Å². The van der Waals surface area contributed by atoms with Crippen molar-refractivity contribution in [3.63, 3.8) is 0 Å². The molecule has 0 N–H and O–H groups in total. The molecule has 34 heavy (non-hydrogen) atoms. The van der Waals surface area contributed by atoms with Crippen LogP contribution >= 0.6 is 0 Å². The number of allylic oxidation sites excluding steroid dienone is 2. The lowest BCUT2D eigenvalue weighted by atomic mass is 9.56. The maximum absolute atomic E-state index is 12.3. The van der Waals surface area contributed by atoms with Gasteiger partial charge in [0.15, 0.2) is 5.78 Å². The van der Waals surface area contributed by atoms with E-state index in [9.17, 15) is 4.79 Å². The molecule has 6 fully saturated rings. The van der Waals surface area contributed by atoms with Crippen molar-refractivity contribution >= 4 is 5.78 Å². The number of rotatable bonds is 2. The molecule has 0 aromatic heterocycles. The fourth-order valence-corrected chi connectivity index (χ4v) is 11.9. The molecule has 7 aliphatic rings. The monoisotopic (exact) mass is 465 g/mol. The van der Waals surface area contributed by atoms with Crippen LogP contribution in [0.15, 0.2) is 11.6 Å². The number of hydrogen-bond acceptors (Lipinski definition) is 3. The van der Waals surface area contributed by atoms with E-state index in [1.165, 1.54) is 70.0 Å². The van der Waals surface area contributed by atoms with Crippen molar-refractivity contribution in [3.05, 3.63) is 11.6 Å². The second-order valence-electron chi connectivity index (χ2n) is 14.5. The summed E-state index contributed by atoms with van der Waals surface area (Å²) in [6, 6.07) is 0.627. The van der Waals surface area contributed by atoms with Gasteiger partial charge in [-0.1, -0.05) is 40.2 Å². The molecule has 3 heteroatoms. The zero-order valence-corrected chi connectivity index (χ0v) is 22.4. The Morgan fingerprint density at radius 3 is 2.74 bits per heavy atom. The standard InChI is InChI=1S/C31H47NO2/c1-6-13-32-17-19(2)14-26-27(32)20(3)31(34-26)12-10-24-23-8-7-21-15-22(33)9-11-28(21,4)25(23)16-30(24)18-29(30,31)5/h15,19-20,23-27H,6-14,16-18H2,1-5H3/t19-,20+,23-,24-,25-,26+,27-,28-,29?,30?,31+/m0/s1. The number of carbonyl (C=O) groups is 1. The van der Waals surface area contributed by atoms with Crippen LogP contribution in [0.4, 0.5) is 0 Å². The topological polar surface area (TPSA) is 29.5 Å². The number of hydrogen-bond donors (Lipinski definition) is 0. The molecular weight excluding hydrogens is 418 g/mol. The summed E-state index contributed by atoms with van der Waals surface area (Å²) in [6.07, 6.45) is 14.9. The average molecular weight is 466 g/mol. The predicted octanol–water partition coefficient (Wildman–Crippen LogP) is 6.41. The first kappa shape index (κ1) is 22.5. The maximum atomic E-state index is 12.3. The van der Waals surface area contributed by atoms with Gasteiger partial charge in [-0.2, -0.15) is 0 Å². The molecular formula is C31H47NO2. The highest BCUT2D eigenvalue weighted by molar-refractivity contribution is 5.91. The highest BCUT2D eigenvalue weighted by Gasteiger charge is 2.84. The van der Waals surface area contributed by atoms with E-state index in [1.807, 2.05) is 0 Å². The minimum atomic E-state index is 0.0878. The van der Waals surface area contributed by atoms with Crippen molar-refractivity contribution in [2.24, 2.45) is 45.8 Å². The highest BCUT2D eigenvalue weighted by Crippen LogP contribution is 2.87. The molecule has 2 aliphatic heterocycles. The molecule has 3 nitrogen and oxygen atoms in total. The van der Waals surface area contributed by atoms with Gasteiger partial charge in [0.05, 0.1) is 11.7 Å². The van der Waals surface area contributed by atoms with Crippen LogP contribution in [0.1, 0.15) is 98.8 Å². The van der Waals surface area contributed by atoms with Crippen molar-refractivity contribution in [1.29, 1.82) is 0 Å². The summed E-state index contributed by atoms with van der Waals surface area (Å²) < 4.78 is 7.41. The first-order valence-corrected chi connectivity index (χ1v) is 14.8. The number of fused-ring (bicyclic) bond motifs is 6. The molecule has 2 spiro atoms. The fraction of sp³-hybridized carbons (Fsp3) is 0.903. The molecule has 5 aliphatic carbocycles. The van der Waals surface area contributed by atoms with E-state index in [0.29, 0.717) is 34.7 Å². The van der Waals surface area contributed by atoms with Crippen LogP contribution in [0.5, 0.6) is 0 Å². The SMILES string of the molecule is CCCN1C[C@@H](C)C[C@H]2O[C@]3(CC[C@H]4[C@@H]5CCC6=CC(=O)CC[C@]6(C)[C@H]5CC45CC53C)[C@H](C)[C@@H]21. The van der Waals surface area contributed by atoms with Gasteiger partial charge < -0.3 is 4.74 Å². The van der Waals surface area contributed by atoms with Gasteiger partial charge in [0.1, 0.15) is 0 Å². The number of ether oxygens (including phenoxy) is 1. The summed E-state index contributed by atoms with van der Waals surface area (Å²) in [5.74, 6) is 4.34. The van der Waals surface area contributed by atoms with Crippen LogP contribution in [0.3, 0.4) is 0 Å². The Labute approximate surface area is 207 Å². The van der Waals surface area contributed by atoms with Crippen molar-refractivity contribution in [2.45, 2.75) is 117 Å². The third-order valence-corrected chi connectivity index (χ3v) is 13.4. The van der Waals surface area contributed by atoms with Crippen LogP contribution in [0.2, 0.25) is 0 Å². The number of piperidine rings is 1. The molecule has 0 aromatic rings. The van der Waals surface area contributed by atoms with Crippen LogP contribution in [0.25, 0.3) is 0 Å². The minimum absolute atomic E-state index is 0.0878. The Balaban J connectivity index is 1.23. The normalized spacial score (nSPS) is 58.0.